The Morgan fingerprint density at radius 1 is 1.33 bits per heavy atom. The lowest BCUT2D eigenvalue weighted by molar-refractivity contribution is 0.297. The molecular weight excluding hydrogens is 144 g/mol. The van der Waals surface area contributed by atoms with Gasteiger partial charge in [-0.3, -0.25) is 0 Å². The molecule has 0 radical (unpaired) electrons. The highest BCUT2D eigenvalue weighted by Gasteiger charge is 2.14. The SMILES string of the molecule is C=C(C)CC[C@@H](C)CC(C)(C)C. The average molecular weight is 168 g/mol. The topological polar surface area (TPSA) is 0 Å². The Morgan fingerprint density at radius 3 is 2.17 bits per heavy atom. The van der Waals surface area contributed by atoms with Crippen LogP contribution in [0.2, 0.25) is 0 Å². The van der Waals surface area contributed by atoms with Crippen molar-refractivity contribution < 1.29 is 0 Å². The summed E-state index contributed by atoms with van der Waals surface area (Å²) in [7, 11) is 0. The van der Waals surface area contributed by atoms with E-state index in [4.69, 9.17) is 0 Å². The molecule has 0 nitrogen and oxygen atoms in total. The van der Waals surface area contributed by atoms with E-state index >= 15 is 0 Å². The van der Waals surface area contributed by atoms with Crippen LogP contribution in [0.4, 0.5) is 0 Å². The number of allylic oxidation sites excluding steroid dienone is 1. The van der Waals surface area contributed by atoms with Gasteiger partial charge in [0.15, 0.2) is 0 Å². The van der Waals surface area contributed by atoms with Gasteiger partial charge < -0.3 is 0 Å². The highest BCUT2D eigenvalue weighted by Crippen LogP contribution is 2.27. The summed E-state index contributed by atoms with van der Waals surface area (Å²) in [5.74, 6) is 0.835. The summed E-state index contributed by atoms with van der Waals surface area (Å²) in [5.41, 5.74) is 1.80. The quantitative estimate of drug-likeness (QED) is 0.545. The highest BCUT2D eigenvalue weighted by molar-refractivity contribution is 4.88. The van der Waals surface area contributed by atoms with Crippen LogP contribution in [0.1, 0.15) is 53.9 Å². The third-order valence-corrected chi connectivity index (χ3v) is 2.02. The molecule has 0 fully saturated rings. The van der Waals surface area contributed by atoms with Crippen LogP contribution in [-0.2, 0) is 0 Å². The predicted molar refractivity (Wildman–Crippen MR) is 57.3 cm³/mol. The summed E-state index contributed by atoms with van der Waals surface area (Å²) < 4.78 is 0. The van der Waals surface area contributed by atoms with E-state index in [1.807, 2.05) is 0 Å². The van der Waals surface area contributed by atoms with E-state index in [-0.39, 0.29) is 0 Å². The van der Waals surface area contributed by atoms with Gasteiger partial charge in [-0.15, -0.1) is 6.58 Å². The summed E-state index contributed by atoms with van der Waals surface area (Å²) in [5, 5.41) is 0. The van der Waals surface area contributed by atoms with Crippen molar-refractivity contribution in [1.29, 1.82) is 0 Å². The molecule has 0 aliphatic carbocycles. The number of hydrogen-bond donors (Lipinski definition) is 0. The molecule has 0 unspecified atom stereocenters. The maximum atomic E-state index is 3.92. The molecule has 12 heavy (non-hydrogen) atoms. The first-order chi connectivity index (χ1) is 5.31. The van der Waals surface area contributed by atoms with E-state index < -0.39 is 0 Å². The zero-order valence-corrected chi connectivity index (χ0v) is 9.41. The van der Waals surface area contributed by atoms with Gasteiger partial charge in [-0.25, -0.2) is 0 Å². The van der Waals surface area contributed by atoms with E-state index in [1.165, 1.54) is 24.8 Å². The van der Waals surface area contributed by atoms with Crippen molar-refractivity contribution >= 4 is 0 Å². The summed E-state index contributed by atoms with van der Waals surface area (Å²) >= 11 is 0. The molecule has 0 spiro atoms. The predicted octanol–water partition coefficient (Wildman–Crippen LogP) is 4.42. The monoisotopic (exact) mass is 168 g/mol. The average Bonchev–Trinajstić information content (AvgIpc) is 1.79. The van der Waals surface area contributed by atoms with Crippen LogP contribution in [0.5, 0.6) is 0 Å². The van der Waals surface area contributed by atoms with Gasteiger partial charge >= 0.3 is 0 Å². The second-order valence-electron chi connectivity index (χ2n) is 5.37. The van der Waals surface area contributed by atoms with Crippen LogP contribution < -0.4 is 0 Å². The lowest BCUT2D eigenvalue weighted by Gasteiger charge is -2.23. The zero-order valence-electron chi connectivity index (χ0n) is 9.41. The fourth-order valence-corrected chi connectivity index (χ4v) is 1.64. The van der Waals surface area contributed by atoms with Crippen LogP contribution in [0.25, 0.3) is 0 Å². The molecule has 72 valence electrons. The second kappa shape index (κ2) is 4.69. The fourth-order valence-electron chi connectivity index (χ4n) is 1.64. The van der Waals surface area contributed by atoms with Crippen molar-refractivity contribution in [2.45, 2.75) is 53.9 Å². The minimum absolute atomic E-state index is 0.481. The third-order valence-electron chi connectivity index (χ3n) is 2.02. The Bertz CT molecular complexity index is 137. The van der Waals surface area contributed by atoms with E-state index in [1.54, 1.807) is 0 Å². The normalized spacial score (nSPS) is 14.4. The fraction of sp³-hybridized carbons (Fsp3) is 0.833. The van der Waals surface area contributed by atoms with Gasteiger partial charge in [0.1, 0.15) is 0 Å². The first kappa shape index (κ1) is 11.7. The Morgan fingerprint density at radius 2 is 1.83 bits per heavy atom. The molecule has 1 atom stereocenters. The summed E-state index contributed by atoms with van der Waals surface area (Å²) in [6.07, 6.45) is 3.81. The second-order valence-corrected chi connectivity index (χ2v) is 5.37. The Labute approximate surface area is 78.1 Å². The van der Waals surface area contributed by atoms with E-state index in [9.17, 15) is 0 Å². The van der Waals surface area contributed by atoms with E-state index in [0.717, 1.165) is 5.92 Å². The molecule has 0 aliphatic heterocycles. The molecule has 0 amide bonds. The molecule has 0 aromatic carbocycles. The van der Waals surface area contributed by atoms with Gasteiger partial charge in [0.25, 0.3) is 0 Å². The lowest BCUT2D eigenvalue weighted by atomic mass is 9.83. The Hall–Kier alpha value is -0.260. The number of rotatable bonds is 4. The van der Waals surface area contributed by atoms with Crippen LogP contribution >= 0.6 is 0 Å². The first-order valence-electron chi connectivity index (χ1n) is 4.95. The van der Waals surface area contributed by atoms with Crippen molar-refractivity contribution in [1.82, 2.24) is 0 Å². The molecular formula is C12H24. The van der Waals surface area contributed by atoms with Crippen molar-refractivity contribution in [3.05, 3.63) is 12.2 Å². The van der Waals surface area contributed by atoms with Crippen molar-refractivity contribution in [3.63, 3.8) is 0 Å². The molecule has 0 aromatic heterocycles. The summed E-state index contributed by atoms with van der Waals surface area (Å²) in [6, 6.07) is 0. The maximum Gasteiger partial charge on any atom is -0.0323 e. The van der Waals surface area contributed by atoms with Gasteiger partial charge in [0.05, 0.1) is 0 Å². The lowest BCUT2D eigenvalue weighted by Crippen LogP contribution is -2.10. The van der Waals surface area contributed by atoms with Gasteiger partial charge in [0.2, 0.25) is 0 Å². The van der Waals surface area contributed by atoms with Crippen LogP contribution in [-0.4, -0.2) is 0 Å². The summed E-state index contributed by atoms with van der Waals surface area (Å²) in [6.45, 7) is 15.3. The third kappa shape index (κ3) is 7.84. The smallest absolute Gasteiger partial charge is 0.0323 e. The standard InChI is InChI=1S/C12H24/c1-10(2)7-8-11(3)9-12(4,5)6/h11H,1,7-9H2,2-6H3/t11-/m1/s1. The number of hydrogen-bond acceptors (Lipinski definition) is 0. The van der Waals surface area contributed by atoms with Crippen LogP contribution in [0.3, 0.4) is 0 Å². The molecule has 0 aliphatic rings. The molecule has 0 saturated carbocycles. The van der Waals surface area contributed by atoms with Gasteiger partial charge in [-0.05, 0) is 37.5 Å². The Balaban J connectivity index is 3.60. The van der Waals surface area contributed by atoms with Gasteiger partial charge in [0, 0.05) is 0 Å². The van der Waals surface area contributed by atoms with Crippen molar-refractivity contribution in [3.8, 4) is 0 Å². The van der Waals surface area contributed by atoms with Crippen molar-refractivity contribution in [2.75, 3.05) is 0 Å². The first-order valence-corrected chi connectivity index (χ1v) is 4.95. The van der Waals surface area contributed by atoms with Crippen LogP contribution in [0.15, 0.2) is 12.2 Å². The molecule has 0 N–H and O–H groups in total. The van der Waals surface area contributed by atoms with Crippen molar-refractivity contribution in [2.24, 2.45) is 11.3 Å². The van der Waals surface area contributed by atoms with Gasteiger partial charge in [-0.1, -0.05) is 33.3 Å². The largest absolute Gasteiger partial charge is 0.100 e. The van der Waals surface area contributed by atoms with Gasteiger partial charge in [-0.2, -0.15) is 0 Å². The summed E-state index contributed by atoms with van der Waals surface area (Å²) in [4.78, 5) is 0. The van der Waals surface area contributed by atoms with Crippen LogP contribution in [0, 0.1) is 11.3 Å². The zero-order chi connectivity index (χ0) is 9.78. The maximum absolute atomic E-state index is 3.92. The van der Waals surface area contributed by atoms with E-state index in [0.29, 0.717) is 5.41 Å². The molecule has 0 aromatic rings. The molecule has 0 bridgehead atoms. The molecule has 0 rings (SSSR count). The molecule has 0 heteroatoms. The Kier molecular flexibility index (Phi) is 4.59. The molecule has 0 saturated heterocycles. The van der Waals surface area contributed by atoms with E-state index in [2.05, 4.69) is 41.2 Å². The minimum Gasteiger partial charge on any atom is -0.100 e. The highest BCUT2D eigenvalue weighted by atomic mass is 14.2. The minimum atomic E-state index is 0.481. The molecule has 0 heterocycles.